The predicted molar refractivity (Wildman–Crippen MR) is 110 cm³/mol. The Kier molecular flexibility index (Phi) is 4.75. The van der Waals surface area contributed by atoms with Crippen molar-refractivity contribution < 1.29 is 14.7 Å². The third-order valence-electron chi connectivity index (χ3n) is 4.68. The lowest BCUT2D eigenvalue weighted by Crippen LogP contribution is -2.42. The number of H-pyrrole nitrogens is 1. The fourth-order valence-corrected chi connectivity index (χ4v) is 3.45. The Hall–Kier alpha value is -3.31. The number of carboxylic acid groups (broad SMARTS) is 1. The van der Waals surface area contributed by atoms with Crippen molar-refractivity contribution in [1.29, 1.82) is 0 Å². The van der Waals surface area contributed by atoms with Crippen LogP contribution in [0.15, 0.2) is 66.7 Å². The van der Waals surface area contributed by atoms with Crippen LogP contribution in [0.5, 0.6) is 0 Å². The molecular weight excluding hydrogens is 376 g/mol. The number of aromatic nitrogens is 1. The number of aliphatic carboxylic acids is 1. The lowest BCUT2D eigenvalue weighted by Gasteiger charge is -2.14. The number of carbonyl (C=O) groups excluding carboxylic acids is 1. The number of halogens is 1. The van der Waals surface area contributed by atoms with Crippen LogP contribution in [0.1, 0.15) is 16.1 Å². The molecule has 0 fully saturated rings. The molecule has 0 bridgehead atoms. The Morgan fingerprint density at radius 1 is 0.964 bits per heavy atom. The van der Waals surface area contributed by atoms with Gasteiger partial charge < -0.3 is 15.4 Å². The zero-order valence-corrected chi connectivity index (χ0v) is 15.5. The van der Waals surface area contributed by atoms with Crippen LogP contribution < -0.4 is 5.32 Å². The van der Waals surface area contributed by atoms with E-state index in [-0.39, 0.29) is 6.42 Å². The summed E-state index contributed by atoms with van der Waals surface area (Å²) < 4.78 is 0. The lowest BCUT2D eigenvalue weighted by molar-refractivity contribution is -0.139. The third-order valence-corrected chi connectivity index (χ3v) is 4.91. The van der Waals surface area contributed by atoms with Gasteiger partial charge in [-0.3, -0.25) is 4.79 Å². The minimum Gasteiger partial charge on any atom is -0.480 e. The minimum absolute atomic E-state index is 0.140. The monoisotopic (exact) mass is 392 g/mol. The maximum atomic E-state index is 12.6. The van der Waals surface area contributed by atoms with Crippen molar-refractivity contribution in [2.75, 3.05) is 0 Å². The predicted octanol–water partition coefficient (Wildman–Crippen LogP) is 4.40. The molecule has 5 nitrogen and oxygen atoms in total. The number of fused-ring (bicyclic) bond motifs is 2. The van der Waals surface area contributed by atoms with E-state index in [9.17, 15) is 14.7 Å². The Bertz CT molecular complexity index is 1200. The zero-order valence-electron chi connectivity index (χ0n) is 14.8. The van der Waals surface area contributed by atoms with Gasteiger partial charge in [-0.15, -0.1) is 0 Å². The van der Waals surface area contributed by atoms with E-state index < -0.39 is 17.9 Å². The molecule has 1 heterocycles. The lowest BCUT2D eigenvalue weighted by atomic mass is 10.1. The Balaban J connectivity index is 1.55. The van der Waals surface area contributed by atoms with Crippen molar-refractivity contribution in [2.24, 2.45) is 0 Å². The van der Waals surface area contributed by atoms with Gasteiger partial charge in [-0.2, -0.15) is 0 Å². The highest BCUT2D eigenvalue weighted by molar-refractivity contribution is 6.31. The van der Waals surface area contributed by atoms with Crippen molar-refractivity contribution in [3.05, 3.63) is 83.0 Å². The number of benzene rings is 3. The standard InChI is InChI=1S/C22H17ClN2O3/c23-17-7-8-19-16(10-17)11-18(24-19)12-20(22(27)28)25-21(26)15-6-5-13-3-1-2-4-14(13)9-15/h1-11,20,24H,12H2,(H,25,26)(H,27,28)/t20-/m0/s1. The second-order valence-electron chi connectivity index (χ2n) is 6.66. The van der Waals surface area contributed by atoms with E-state index >= 15 is 0 Å². The molecule has 28 heavy (non-hydrogen) atoms. The van der Waals surface area contributed by atoms with Crippen LogP contribution in [0.3, 0.4) is 0 Å². The average Bonchev–Trinajstić information content (AvgIpc) is 3.08. The maximum absolute atomic E-state index is 12.6. The van der Waals surface area contributed by atoms with Crippen LogP contribution >= 0.6 is 11.6 Å². The topological polar surface area (TPSA) is 82.2 Å². The van der Waals surface area contributed by atoms with Gasteiger partial charge in [0.05, 0.1) is 0 Å². The molecule has 0 saturated carbocycles. The molecule has 0 aliphatic rings. The molecule has 4 rings (SSSR count). The summed E-state index contributed by atoms with van der Waals surface area (Å²) in [4.78, 5) is 27.5. The minimum atomic E-state index is -1.09. The van der Waals surface area contributed by atoms with Gasteiger partial charge in [-0.25, -0.2) is 4.79 Å². The molecule has 1 aromatic heterocycles. The normalized spacial score (nSPS) is 12.2. The van der Waals surface area contributed by atoms with Crippen LogP contribution in [0, 0.1) is 0 Å². The van der Waals surface area contributed by atoms with E-state index in [0.29, 0.717) is 16.3 Å². The van der Waals surface area contributed by atoms with Crippen LogP contribution in [0.2, 0.25) is 5.02 Å². The summed E-state index contributed by atoms with van der Waals surface area (Å²) in [5.74, 6) is -1.51. The van der Waals surface area contributed by atoms with E-state index in [0.717, 1.165) is 21.7 Å². The molecule has 0 aliphatic carbocycles. The van der Waals surface area contributed by atoms with Crippen molar-refractivity contribution in [1.82, 2.24) is 10.3 Å². The van der Waals surface area contributed by atoms with Gasteiger partial charge >= 0.3 is 5.97 Å². The molecule has 0 unspecified atom stereocenters. The second kappa shape index (κ2) is 7.37. The average molecular weight is 393 g/mol. The first-order chi connectivity index (χ1) is 13.5. The van der Waals surface area contributed by atoms with Gasteiger partial charge in [0, 0.05) is 33.6 Å². The largest absolute Gasteiger partial charge is 0.480 e. The van der Waals surface area contributed by atoms with Gasteiger partial charge in [0.25, 0.3) is 5.91 Å². The number of hydrogen-bond donors (Lipinski definition) is 3. The first-order valence-corrected chi connectivity index (χ1v) is 9.17. The number of nitrogens with one attached hydrogen (secondary N) is 2. The molecule has 140 valence electrons. The van der Waals surface area contributed by atoms with Crippen molar-refractivity contribution in [3.8, 4) is 0 Å². The number of rotatable bonds is 5. The van der Waals surface area contributed by atoms with Crippen LogP contribution in [0.4, 0.5) is 0 Å². The number of amides is 1. The number of aromatic amines is 1. The van der Waals surface area contributed by atoms with Crippen molar-refractivity contribution in [3.63, 3.8) is 0 Å². The van der Waals surface area contributed by atoms with Crippen LogP contribution in [-0.2, 0) is 11.2 Å². The SMILES string of the molecule is O=C(N[C@@H](Cc1cc2cc(Cl)ccc2[nH]1)C(=O)O)c1ccc2ccccc2c1. The summed E-state index contributed by atoms with van der Waals surface area (Å²) in [6.07, 6.45) is 0.140. The molecule has 0 spiro atoms. The molecule has 0 aliphatic heterocycles. The van der Waals surface area contributed by atoms with Crippen LogP contribution in [-0.4, -0.2) is 28.0 Å². The quantitative estimate of drug-likeness (QED) is 0.470. The molecule has 0 radical (unpaired) electrons. The third kappa shape index (κ3) is 3.70. The Morgan fingerprint density at radius 2 is 1.75 bits per heavy atom. The van der Waals surface area contributed by atoms with E-state index in [1.165, 1.54) is 0 Å². The van der Waals surface area contributed by atoms with Crippen LogP contribution in [0.25, 0.3) is 21.7 Å². The molecule has 6 heteroatoms. The Morgan fingerprint density at radius 3 is 2.54 bits per heavy atom. The van der Waals surface area contributed by atoms with Crippen molar-refractivity contribution >= 4 is 45.2 Å². The van der Waals surface area contributed by atoms with Gasteiger partial charge in [-0.1, -0.05) is 41.9 Å². The van der Waals surface area contributed by atoms with E-state index in [1.54, 1.807) is 24.3 Å². The molecule has 4 aromatic rings. The number of carbonyl (C=O) groups is 2. The highest BCUT2D eigenvalue weighted by Crippen LogP contribution is 2.21. The summed E-state index contributed by atoms with van der Waals surface area (Å²) in [6, 6.07) is 19.2. The molecule has 3 aromatic carbocycles. The molecule has 0 saturated heterocycles. The first-order valence-electron chi connectivity index (χ1n) is 8.79. The summed E-state index contributed by atoms with van der Waals surface area (Å²) in [5.41, 5.74) is 2.00. The maximum Gasteiger partial charge on any atom is 0.326 e. The molecule has 1 amide bonds. The zero-order chi connectivity index (χ0) is 19.7. The number of hydrogen-bond acceptors (Lipinski definition) is 2. The smallest absolute Gasteiger partial charge is 0.326 e. The summed E-state index contributed by atoms with van der Waals surface area (Å²) in [7, 11) is 0. The summed E-state index contributed by atoms with van der Waals surface area (Å²) >= 11 is 6.00. The van der Waals surface area contributed by atoms with Crippen molar-refractivity contribution in [2.45, 2.75) is 12.5 Å². The van der Waals surface area contributed by atoms with E-state index in [2.05, 4.69) is 10.3 Å². The van der Waals surface area contributed by atoms with Gasteiger partial charge in [0.2, 0.25) is 0 Å². The van der Waals surface area contributed by atoms with Gasteiger partial charge in [0.1, 0.15) is 6.04 Å². The highest BCUT2D eigenvalue weighted by Gasteiger charge is 2.22. The highest BCUT2D eigenvalue weighted by atomic mass is 35.5. The first kappa shape index (κ1) is 18.1. The van der Waals surface area contributed by atoms with Gasteiger partial charge in [0.15, 0.2) is 0 Å². The second-order valence-corrected chi connectivity index (χ2v) is 7.09. The number of carboxylic acids is 1. The molecular formula is C22H17ClN2O3. The molecule has 1 atom stereocenters. The summed E-state index contributed by atoms with van der Waals surface area (Å²) in [6.45, 7) is 0. The molecule has 3 N–H and O–H groups in total. The fourth-order valence-electron chi connectivity index (χ4n) is 3.27. The van der Waals surface area contributed by atoms with E-state index in [1.807, 2.05) is 42.5 Å². The fraction of sp³-hybridized carbons (Fsp3) is 0.0909. The van der Waals surface area contributed by atoms with Gasteiger partial charge in [-0.05, 0) is 47.2 Å². The van der Waals surface area contributed by atoms with E-state index in [4.69, 9.17) is 11.6 Å². The summed E-state index contributed by atoms with van der Waals surface area (Å²) in [5, 5.41) is 15.6. The Labute approximate surface area is 165 Å².